The number of rotatable bonds is 4. The molecule has 2 nitrogen and oxygen atoms in total. The third-order valence-electron chi connectivity index (χ3n) is 3.37. The molecule has 0 aromatic heterocycles. The van der Waals surface area contributed by atoms with E-state index < -0.39 is 0 Å². The molecule has 0 unspecified atom stereocenters. The summed E-state index contributed by atoms with van der Waals surface area (Å²) in [6, 6.07) is 11.7. The Balaban J connectivity index is 2.15. The third kappa shape index (κ3) is 4.11. The van der Waals surface area contributed by atoms with Crippen LogP contribution in [0.5, 0.6) is 5.75 Å². The smallest absolute Gasteiger partial charge is 0.153 e. The fourth-order valence-electron chi connectivity index (χ4n) is 2.08. The number of hydrogen-bond acceptors (Lipinski definition) is 2. The molecule has 116 valence electrons. The van der Waals surface area contributed by atoms with Crippen molar-refractivity contribution in [2.75, 3.05) is 0 Å². The SMILES string of the molecule is CC(C)(C)c1ccc(COc2c(Cl)cc(Br)cc2C=O)cc1. The van der Waals surface area contributed by atoms with Gasteiger partial charge in [0.15, 0.2) is 6.29 Å². The van der Waals surface area contributed by atoms with Crippen LogP contribution in [0.15, 0.2) is 40.9 Å². The molecule has 0 saturated heterocycles. The molecule has 0 N–H and O–H groups in total. The van der Waals surface area contributed by atoms with Crippen LogP contribution in [0.25, 0.3) is 0 Å². The van der Waals surface area contributed by atoms with E-state index >= 15 is 0 Å². The molecule has 0 aliphatic heterocycles. The Hall–Kier alpha value is -1.32. The number of benzene rings is 2. The molecule has 0 bridgehead atoms. The molecule has 22 heavy (non-hydrogen) atoms. The summed E-state index contributed by atoms with van der Waals surface area (Å²) in [6.45, 7) is 6.90. The Bertz CT molecular complexity index is 673. The molecule has 2 rings (SSSR count). The Morgan fingerprint density at radius 3 is 2.36 bits per heavy atom. The monoisotopic (exact) mass is 380 g/mol. The molecule has 0 fully saturated rings. The van der Waals surface area contributed by atoms with E-state index in [4.69, 9.17) is 16.3 Å². The van der Waals surface area contributed by atoms with Crippen molar-refractivity contribution in [2.45, 2.75) is 32.8 Å². The highest BCUT2D eigenvalue weighted by atomic mass is 79.9. The second-order valence-corrected chi connectivity index (χ2v) is 7.48. The molecule has 0 radical (unpaired) electrons. The maximum Gasteiger partial charge on any atom is 0.153 e. The summed E-state index contributed by atoms with van der Waals surface area (Å²) < 4.78 is 6.49. The minimum Gasteiger partial charge on any atom is -0.487 e. The summed E-state index contributed by atoms with van der Waals surface area (Å²) in [6.07, 6.45) is 0.745. The average Bonchev–Trinajstić information content (AvgIpc) is 2.45. The first kappa shape index (κ1) is 17.0. The van der Waals surface area contributed by atoms with E-state index in [1.807, 2.05) is 12.1 Å². The highest BCUT2D eigenvalue weighted by Gasteiger charge is 2.13. The molecule has 0 atom stereocenters. The lowest BCUT2D eigenvalue weighted by Gasteiger charge is -2.19. The Kier molecular flexibility index (Phi) is 5.30. The van der Waals surface area contributed by atoms with Crippen molar-refractivity contribution in [1.82, 2.24) is 0 Å². The number of carbonyl (C=O) groups is 1. The zero-order valence-electron chi connectivity index (χ0n) is 12.8. The number of ether oxygens (including phenoxy) is 1. The van der Waals surface area contributed by atoms with E-state index in [1.165, 1.54) is 5.56 Å². The Labute approximate surface area is 144 Å². The first-order valence-electron chi connectivity index (χ1n) is 6.97. The number of hydrogen-bond donors (Lipinski definition) is 0. The van der Waals surface area contributed by atoms with Crippen molar-refractivity contribution < 1.29 is 9.53 Å². The second kappa shape index (κ2) is 6.84. The van der Waals surface area contributed by atoms with Crippen LogP contribution in [0.4, 0.5) is 0 Å². The zero-order chi connectivity index (χ0) is 16.3. The van der Waals surface area contributed by atoms with E-state index in [-0.39, 0.29) is 5.41 Å². The van der Waals surface area contributed by atoms with Gasteiger partial charge in [-0.05, 0) is 28.7 Å². The van der Waals surface area contributed by atoms with Crippen molar-refractivity contribution in [3.8, 4) is 5.75 Å². The number of aldehydes is 1. The van der Waals surface area contributed by atoms with Gasteiger partial charge in [-0.15, -0.1) is 0 Å². The summed E-state index contributed by atoms with van der Waals surface area (Å²) >= 11 is 9.46. The van der Waals surface area contributed by atoms with Gasteiger partial charge in [0.05, 0.1) is 10.6 Å². The Morgan fingerprint density at radius 1 is 1.18 bits per heavy atom. The largest absolute Gasteiger partial charge is 0.487 e. The minimum absolute atomic E-state index is 0.124. The van der Waals surface area contributed by atoms with Gasteiger partial charge >= 0.3 is 0 Å². The van der Waals surface area contributed by atoms with Gasteiger partial charge in [0.2, 0.25) is 0 Å². The number of carbonyl (C=O) groups excluding carboxylic acids is 1. The molecular weight excluding hydrogens is 364 g/mol. The second-order valence-electron chi connectivity index (χ2n) is 6.16. The van der Waals surface area contributed by atoms with E-state index in [0.717, 1.165) is 16.3 Å². The Morgan fingerprint density at radius 2 is 1.82 bits per heavy atom. The van der Waals surface area contributed by atoms with Crippen LogP contribution in [-0.4, -0.2) is 6.29 Å². The summed E-state index contributed by atoms with van der Waals surface area (Å²) in [5.41, 5.74) is 2.86. The van der Waals surface area contributed by atoms with Gasteiger partial charge in [-0.2, -0.15) is 0 Å². The number of halogens is 2. The van der Waals surface area contributed by atoms with Crippen LogP contribution in [0.1, 0.15) is 42.3 Å². The topological polar surface area (TPSA) is 26.3 Å². The molecule has 2 aromatic carbocycles. The molecule has 0 spiro atoms. The molecule has 4 heteroatoms. The quantitative estimate of drug-likeness (QED) is 0.626. The normalized spacial score (nSPS) is 11.3. The lowest BCUT2D eigenvalue weighted by atomic mass is 9.87. The van der Waals surface area contributed by atoms with Crippen LogP contribution < -0.4 is 4.74 Å². The van der Waals surface area contributed by atoms with Gasteiger partial charge in [-0.3, -0.25) is 4.79 Å². The highest BCUT2D eigenvalue weighted by molar-refractivity contribution is 9.10. The minimum atomic E-state index is 0.124. The van der Waals surface area contributed by atoms with Crippen molar-refractivity contribution in [3.63, 3.8) is 0 Å². The fourth-order valence-corrected chi connectivity index (χ4v) is 2.97. The summed E-state index contributed by atoms with van der Waals surface area (Å²) in [5, 5.41) is 0.419. The van der Waals surface area contributed by atoms with Crippen LogP contribution >= 0.6 is 27.5 Å². The van der Waals surface area contributed by atoms with Gasteiger partial charge in [-0.1, -0.05) is 72.6 Å². The maximum atomic E-state index is 11.1. The fraction of sp³-hybridized carbons (Fsp3) is 0.278. The zero-order valence-corrected chi connectivity index (χ0v) is 15.2. The summed E-state index contributed by atoms with van der Waals surface area (Å²) in [4.78, 5) is 11.1. The first-order valence-corrected chi connectivity index (χ1v) is 8.15. The van der Waals surface area contributed by atoms with Crippen molar-refractivity contribution in [3.05, 3.63) is 62.6 Å². The summed E-state index contributed by atoms with van der Waals surface area (Å²) in [7, 11) is 0. The van der Waals surface area contributed by atoms with Crippen LogP contribution in [0.3, 0.4) is 0 Å². The summed E-state index contributed by atoms with van der Waals surface area (Å²) in [5.74, 6) is 0.416. The lowest BCUT2D eigenvalue weighted by molar-refractivity contribution is 0.111. The predicted molar refractivity (Wildman–Crippen MR) is 94.0 cm³/mol. The van der Waals surface area contributed by atoms with E-state index in [1.54, 1.807) is 12.1 Å². The highest BCUT2D eigenvalue weighted by Crippen LogP contribution is 2.32. The predicted octanol–water partition coefficient (Wildman–Crippen LogP) is 5.79. The van der Waals surface area contributed by atoms with Gasteiger partial charge in [0.25, 0.3) is 0 Å². The van der Waals surface area contributed by atoms with Gasteiger partial charge < -0.3 is 4.74 Å². The average molecular weight is 382 g/mol. The van der Waals surface area contributed by atoms with Gasteiger partial charge in [0.1, 0.15) is 12.4 Å². The van der Waals surface area contributed by atoms with Crippen molar-refractivity contribution in [1.29, 1.82) is 0 Å². The lowest BCUT2D eigenvalue weighted by Crippen LogP contribution is -2.10. The molecular formula is C18H18BrClO2. The molecule has 0 aliphatic carbocycles. The van der Waals surface area contributed by atoms with E-state index in [0.29, 0.717) is 22.9 Å². The molecule has 0 aliphatic rings. The van der Waals surface area contributed by atoms with E-state index in [2.05, 4.69) is 48.8 Å². The van der Waals surface area contributed by atoms with Crippen LogP contribution in [-0.2, 0) is 12.0 Å². The third-order valence-corrected chi connectivity index (χ3v) is 4.11. The molecule has 0 heterocycles. The van der Waals surface area contributed by atoms with Crippen LogP contribution in [0, 0.1) is 0 Å². The first-order chi connectivity index (χ1) is 10.3. The van der Waals surface area contributed by atoms with E-state index in [9.17, 15) is 4.79 Å². The van der Waals surface area contributed by atoms with Crippen molar-refractivity contribution >= 4 is 33.8 Å². The van der Waals surface area contributed by atoms with Gasteiger partial charge in [0, 0.05) is 4.47 Å². The maximum absolute atomic E-state index is 11.1. The van der Waals surface area contributed by atoms with Crippen molar-refractivity contribution in [2.24, 2.45) is 0 Å². The molecule has 0 amide bonds. The molecule has 2 aromatic rings. The van der Waals surface area contributed by atoms with Crippen LogP contribution in [0.2, 0.25) is 5.02 Å². The molecule has 0 saturated carbocycles. The standard InChI is InChI=1S/C18H18BrClO2/c1-18(2,3)14-6-4-12(5-7-14)11-22-17-13(10-21)8-15(19)9-16(17)20/h4-10H,11H2,1-3H3. The van der Waals surface area contributed by atoms with Gasteiger partial charge in [-0.25, -0.2) is 0 Å².